The number of aliphatic hydroxyl groups is 1. The molecule has 3 fully saturated rings. The smallest absolute Gasteiger partial charge is 0.0628 e. The van der Waals surface area contributed by atoms with Crippen LogP contribution in [0.4, 0.5) is 0 Å². The fourth-order valence-electron chi connectivity index (χ4n) is 4.94. The molecule has 1 atom stereocenters. The fourth-order valence-corrected chi connectivity index (χ4v) is 4.94. The average molecular weight is 294 g/mol. The predicted octanol–water partition coefficient (Wildman–Crippen LogP) is 2.78. The van der Waals surface area contributed by atoms with Crippen molar-refractivity contribution in [1.29, 1.82) is 0 Å². The van der Waals surface area contributed by atoms with E-state index < -0.39 is 0 Å². The quantitative estimate of drug-likeness (QED) is 0.791. The maximum Gasteiger partial charge on any atom is 0.0628 e. The molecular weight excluding hydrogens is 260 g/mol. The fraction of sp³-hybridized carbons (Fsp3) is 1.00. The van der Waals surface area contributed by atoms with Gasteiger partial charge < -0.3 is 15.3 Å². The number of nitrogens with zero attached hydrogens (tertiary/aromatic N) is 1. The standard InChI is InChI=1S/C18H34N2O/c1-2-19-18(15-21,16-6-7-16)14-20-12-10-17(11-13-20)8-4-3-5-9-17/h16,19,21H,2-15H2,1H3. The molecule has 2 N–H and O–H groups in total. The first-order valence-electron chi connectivity index (χ1n) is 9.30. The van der Waals surface area contributed by atoms with Crippen molar-refractivity contribution >= 4 is 0 Å². The van der Waals surface area contributed by atoms with E-state index in [0.717, 1.165) is 13.1 Å². The molecular formula is C18H34N2O. The zero-order valence-electron chi connectivity index (χ0n) is 13.9. The van der Waals surface area contributed by atoms with Gasteiger partial charge in [0.1, 0.15) is 0 Å². The van der Waals surface area contributed by atoms with Gasteiger partial charge in [-0.05, 0) is 69.5 Å². The van der Waals surface area contributed by atoms with Crippen LogP contribution in [0.15, 0.2) is 0 Å². The summed E-state index contributed by atoms with van der Waals surface area (Å²) in [5.41, 5.74) is 0.667. The second-order valence-electron chi connectivity index (χ2n) is 7.96. The molecule has 3 nitrogen and oxygen atoms in total. The average Bonchev–Trinajstić information content (AvgIpc) is 3.35. The molecule has 0 aromatic rings. The third kappa shape index (κ3) is 3.46. The second-order valence-corrected chi connectivity index (χ2v) is 7.96. The first kappa shape index (κ1) is 15.8. The third-order valence-electron chi connectivity index (χ3n) is 6.51. The van der Waals surface area contributed by atoms with Gasteiger partial charge in [-0.15, -0.1) is 0 Å². The maximum atomic E-state index is 10.0. The number of nitrogens with one attached hydrogen (secondary N) is 1. The zero-order chi connectivity index (χ0) is 14.8. The molecule has 0 amide bonds. The van der Waals surface area contributed by atoms with Crippen LogP contribution >= 0.6 is 0 Å². The van der Waals surface area contributed by atoms with E-state index in [9.17, 15) is 5.11 Å². The molecule has 1 heterocycles. The largest absolute Gasteiger partial charge is 0.394 e. The summed E-state index contributed by atoms with van der Waals surface area (Å²) in [5, 5.41) is 13.6. The van der Waals surface area contributed by atoms with Gasteiger partial charge in [-0.3, -0.25) is 0 Å². The highest BCUT2D eigenvalue weighted by Gasteiger charge is 2.46. The third-order valence-corrected chi connectivity index (χ3v) is 6.51. The van der Waals surface area contributed by atoms with Gasteiger partial charge in [0, 0.05) is 6.54 Å². The number of hydrogen-bond acceptors (Lipinski definition) is 3. The van der Waals surface area contributed by atoms with Crippen LogP contribution in [0.3, 0.4) is 0 Å². The van der Waals surface area contributed by atoms with Crippen LogP contribution in [-0.4, -0.2) is 48.3 Å². The van der Waals surface area contributed by atoms with Crippen LogP contribution in [0, 0.1) is 11.3 Å². The first-order valence-corrected chi connectivity index (χ1v) is 9.30. The summed E-state index contributed by atoms with van der Waals surface area (Å²) in [6.45, 7) is 6.99. The number of likely N-dealkylation sites (N-methyl/N-ethyl adjacent to an activating group) is 1. The summed E-state index contributed by atoms with van der Waals surface area (Å²) in [6, 6.07) is 0. The van der Waals surface area contributed by atoms with Crippen molar-refractivity contribution in [1.82, 2.24) is 10.2 Å². The van der Waals surface area contributed by atoms with Crippen molar-refractivity contribution in [3.63, 3.8) is 0 Å². The first-order chi connectivity index (χ1) is 10.2. The van der Waals surface area contributed by atoms with E-state index in [-0.39, 0.29) is 5.54 Å². The Bertz CT molecular complexity index is 326. The molecule has 21 heavy (non-hydrogen) atoms. The van der Waals surface area contributed by atoms with Crippen LogP contribution in [-0.2, 0) is 0 Å². The summed E-state index contributed by atoms with van der Waals surface area (Å²) in [7, 11) is 0. The molecule has 2 saturated carbocycles. The number of piperidine rings is 1. The summed E-state index contributed by atoms with van der Waals surface area (Å²) >= 11 is 0. The Labute approximate surface area is 130 Å². The van der Waals surface area contributed by atoms with E-state index in [2.05, 4.69) is 17.1 Å². The highest BCUT2D eigenvalue weighted by molar-refractivity contribution is 5.03. The van der Waals surface area contributed by atoms with Crippen molar-refractivity contribution in [3.05, 3.63) is 0 Å². The lowest BCUT2D eigenvalue weighted by molar-refractivity contribution is 0.0319. The summed E-state index contributed by atoms with van der Waals surface area (Å²) in [4.78, 5) is 2.64. The van der Waals surface area contributed by atoms with Crippen LogP contribution in [0.25, 0.3) is 0 Å². The van der Waals surface area contributed by atoms with Crippen molar-refractivity contribution in [2.24, 2.45) is 11.3 Å². The zero-order valence-corrected chi connectivity index (χ0v) is 13.9. The molecule has 1 aliphatic heterocycles. The molecule has 1 saturated heterocycles. The minimum atomic E-state index is -0.0220. The van der Waals surface area contributed by atoms with Crippen LogP contribution < -0.4 is 5.32 Å². The lowest BCUT2D eigenvalue weighted by Gasteiger charge is -2.47. The maximum absolute atomic E-state index is 10.0. The van der Waals surface area contributed by atoms with Crippen molar-refractivity contribution in [3.8, 4) is 0 Å². The SMILES string of the molecule is CCNC(CO)(CN1CCC2(CCCCC2)CC1)C1CC1. The monoisotopic (exact) mass is 294 g/mol. The van der Waals surface area contributed by atoms with E-state index in [1.807, 2.05) is 0 Å². The molecule has 122 valence electrons. The van der Waals surface area contributed by atoms with Gasteiger partial charge in [-0.2, -0.15) is 0 Å². The normalized spacial score (nSPS) is 29.4. The molecule has 0 aromatic carbocycles. The van der Waals surface area contributed by atoms with Gasteiger partial charge in [0.05, 0.1) is 12.1 Å². The van der Waals surface area contributed by atoms with Crippen molar-refractivity contribution < 1.29 is 5.11 Å². The molecule has 1 unspecified atom stereocenters. The van der Waals surface area contributed by atoms with E-state index >= 15 is 0 Å². The molecule has 3 aliphatic rings. The van der Waals surface area contributed by atoms with E-state index in [4.69, 9.17) is 0 Å². The summed E-state index contributed by atoms with van der Waals surface area (Å²) < 4.78 is 0. The van der Waals surface area contributed by atoms with Crippen LogP contribution in [0.5, 0.6) is 0 Å². The van der Waals surface area contributed by atoms with Gasteiger partial charge in [-0.25, -0.2) is 0 Å². The van der Waals surface area contributed by atoms with E-state index in [1.165, 1.54) is 70.9 Å². The molecule has 0 radical (unpaired) electrons. The topological polar surface area (TPSA) is 35.5 Å². The number of aliphatic hydroxyl groups excluding tert-OH is 1. The minimum absolute atomic E-state index is 0.0220. The molecule has 3 heteroatoms. The number of likely N-dealkylation sites (tertiary alicyclic amines) is 1. The highest BCUT2D eigenvalue weighted by Crippen LogP contribution is 2.45. The Balaban J connectivity index is 1.56. The van der Waals surface area contributed by atoms with Gasteiger partial charge in [0.25, 0.3) is 0 Å². The lowest BCUT2D eigenvalue weighted by atomic mass is 9.68. The molecule has 0 bridgehead atoms. The molecule has 2 aliphatic carbocycles. The molecule has 3 rings (SSSR count). The van der Waals surface area contributed by atoms with Crippen LogP contribution in [0.2, 0.25) is 0 Å². The summed E-state index contributed by atoms with van der Waals surface area (Å²) in [5.74, 6) is 0.702. The number of hydrogen-bond donors (Lipinski definition) is 2. The van der Waals surface area contributed by atoms with E-state index in [1.54, 1.807) is 0 Å². The van der Waals surface area contributed by atoms with Gasteiger partial charge in [0.15, 0.2) is 0 Å². The Morgan fingerprint density at radius 2 is 1.76 bits per heavy atom. The Morgan fingerprint density at radius 1 is 1.10 bits per heavy atom. The lowest BCUT2D eigenvalue weighted by Crippen LogP contribution is -2.59. The molecule has 1 spiro atoms. The predicted molar refractivity (Wildman–Crippen MR) is 87.4 cm³/mol. The second kappa shape index (κ2) is 6.55. The minimum Gasteiger partial charge on any atom is -0.394 e. The van der Waals surface area contributed by atoms with Gasteiger partial charge in [0.2, 0.25) is 0 Å². The van der Waals surface area contributed by atoms with Gasteiger partial charge in [-0.1, -0.05) is 26.2 Å². The Hall–Kier alpha value is -0.120. The Kier molecular flexibility index (Phi) is 4.92. The van der Waals surface area contributed by atoms with Crippen LogP contribution in [0.1, 0.15) is 64.7 Å². The Morgan fingerprint density at radius 3 is 2.29 bits per heavy atom. The summed E-state index contributed by atoms with van der Waals surface area (Å²) in [6.07, 6.45) is 12.7. The highest BCUT2D eigenvalue weighted by atomic mass is 16.3. The van der Waals surface area contributed by atoms with Crippen molar-refractivity contribution in [2.75, 3.05) is 32.8 Å². The van der Waals surface area contributed by atoms with Crippen molar-refractivity contribution in [2.45, 2.75) is 70.3 Å². The van der Waals surface area contributed by atoms with Gasteiger partial charge >= 0.3 is 0 Å². The molecule has 0 aromatic heterocycles. The van der Waals surface area contributed by atoms with E-state index in [0.29, 0.717) is 17.9 Å². The number of rotatable bonds is 6.